The SMILES string of the molecule is COc1ccc([C@H]2CCN(S(=O)(=O)c3ccc(C#N)cc3)C2)cc1. The van der Waals surface area contributed by atoms with Crippen LogP contribution in [0.2, 0.25) is 0 Å². The summed E-state index contributed by atoms with van der Waals surface area (Å²) in [5, 5.41) is 8.82. The molecular formula is C18H18N2O3S. The third-order valence-electron chi connectivity index (χ3n) is 4.36. The van der Waals surface area contributed by atoms with Crippen molar-refractivity contribution >= 4 is 10.0 Å². The predicted octanol–water partition coefficient (Wildman–Crippen LogP) is 2.75. The van der Waals surface area contributed by atoms with Gasteiger partial charge in [0.25, 0.3) is 0 Å². The highest BCUT2D eigenvalue weighted by atomic mass is 32.2. The van der Waals surface area contributed by atoms with E-state index in [-0.39, 0.29) is 10.8 Å². The molecule has 2 aromatic carbocycles. The van der Waals surface area contributed by atoms with Gasteiger partial charge in [0.05, 0.1) is 23.6 Å². The highest BCUT2D eigenvalue weighted by Crippen LogP contribution is 2.31. The fourth-order valence-corrected chi connectivity index (χ4v) is 4.45. The molecule has 1 atom stereocenters. The van der Waals surface area contributed by atoms with Crippen molar-refractivity contribution in [2.24, 2.45) is 0 Å². The van der Waals surface area contributed by atoms with E-state index in [9.17, 15) is 8.42 Å². The molecule has 124 valence electrons. The summed E-state index contributed by atoms with van der Waals surface area (Å²) in [7, 11) is -1.90. The highest BCUT2D eigenvalue weighted by Gasteiger charge is 2.33. The van der Waals surface area contributed by atoms with Crippen molar-refractivity contribution in [3.05, 3.63) is 59.7 Å². The van der Waals surface area contributed by atoms with Crippen LogP contribution >= 0.6 is 0 Å². The number of nitriles is 1. The molecule has 0 bridgehead atoms. The molecule has 2 aromatic rings. The molecule has 0 spiro atoms. The standard InChI is InChI=1S/C18H18N2O3S/c1-23-17-6-4-15(5-7-17)16-10-11-20(13-16)24(21,22)18-8-2-14(12-19)3-9-18/h2-9,16H,10-11,13H2,1H3/t16-/m0/s1. The molecule has 0 unspecified atom stereocenters. The first kappa shape index (κ1) is 16.5. The minimum atomic E-state index is -3.52. The summed E-state index contributed by atoms with van der Waals surface area (Å²) in [6.45, 7) is 0.966. The molecule has 0 radical (unpaired) electrons. The number of rotatable bonds is 4. The molecule has 0 aliphatic carbocycles. The monoisotopic (exact) mass is 342 g/mol. The zero-order valence-electron chi connectivity index (χ0n) is 13.3. The van der Waals surface area contributed by atoms with Crippen LogP contribution in [0.1, 0.15) is 23.5 Å². The van der Waals surface area contributed by atoms with Crippen molar-refractivity contribution in [1.82, 2.24) is 4.31 Å². The number of hydrogen-bond acceptors (Lipinski definition) is 4. The summed E-state index contributed by atoms with van der Waals surface area (Å²) < 4.78 is 32.1. The summed E-state index contributed by atoms with van der Waals surface area (Å²) in [5.74, 6) is 0.975. The molecule has 1 aliphatic heterocycles. The van der Waals surface area contributed by atoms with Crippen LogP contribution in [0, 0.1) is 11.3 Å². The van der Waals surface area contributed by atoms with Gasteiger partial charge >= 0.3 is 0 Å². The lowest BCUT2D eigenvalue weighted by atomic mass is 9.99. The molecule has 1 aliphatic rings. The van der Waals surface area contributed by atoms with E-state index in [2.05, 4.69) is 0 Å². The van der Waals surface area contributed by atoms with Crippen LogP contribution in [-0.4, -0.2) is 32.9 Å². The van der Waals surface area contributed by atoms with Gasteiger partial charge < -0.3 is 4.74 Å². The lowest BCUT2D eigenvalue weighted by Gasteiger charge is -2.17. The lowest BCUT2D eigenvalue weighted by Crippen LogP contribution is -2.28. The average Bonchev–Trinajstić information content (AvgIpc) is 3.13. The highest BCUT2D eigenvalue weighted by molar-refractivity contribution is 7.89. The Balaban J connectivity index is 1.77. The van der Waals surface area contributed by atoms with Crippen molar-refractivity contribution in [3.63, 3.8) is 0 Å². The summed E-state index contributed by atoms with van der Waals surface area (Å²) >= 11 is 0. The van der Waals surface area contributed by atoms with Crippen molar-refractivity contribution in [3.8, 4) is 11.8 Å². The van der Waals surface area contributed by atoms with Gasteiger partial charge in [0, 0.05) is 13.1 Å². The van der Waals surface area contributed by atoms with Crippen molar-refractivity contribution in [1.29, 1.82) is 5.26 Å². The number of ether oxygens (including phenoxy) is 1. The quantitative estimate of drug-likeness (QED) is 0.856. The van der Waals surface area contributed by atoms with Crippen LogP contribution < -0.4 is 4.74 Å². The van der Waals surface area contributed by atoms with Crippen molar-refractivity contribution in [2.45, 2.75) is 17.2 Å². The van der Waals surface area contributed by atoms with Gasteiger partial charge in [-0.2, -0.15) is 9.57 Å². The van der Waals surface area contributed by atoms with Gasteiger partial charge in [-0.25, -0.2) is 8.42 Å². The Morgan fingerprint density at radius 2 is 1.79 bits per heavy atom. The van der Waals surface area contributed by atoms with E-state index in [4.69, 9.17) is 10.00 Å². The molecule has 1 heterocycles. The third-order valence-corrected chi connectivity index (χ3v) is 6.24. The zero-order chi connectivity index (χ0) is 17.2. The Morgan fingerprint density at radius 3 is 2.38 bits per heavy atom. The minimum absolute atomic E-state index is 0.184. The molecule has 6 heteroatoms. The number of benzene rings is 2. The Labute approximate surface area is 142 Å². The van der Waals surface area contributed by atoms with Crippen LogP contribution in [0.25, 0.3) is 0 Å². The van der Waals surface area contributed by atoms with Crippen LogP contribution in [0.5, 0.6) is 5.75 Å². The fourth-order valence-electron chi connectivity index (χ4n) is 2.95. The first-order valence-corrected chi connectivity index (χ1v) is 9.13. The van der Waals surface area contributed by atoms with Crippen molar-refractivity contribution in [2.75, 3.05) is 20.2 Å². The maximum atomic E-state index is 12.7. The summed E-state index contributed by atoms with van der Waals surface area (Å²) in [6.07, 6.45) is 0.793. The van der Waals surface area contributed by atoms with Gasteiger partial charge in [0.1, 0.15) is 5.75 Å². The Morgan fingerprint density at radius 1 is 1.12 bits per heavy atom. The average molecular weight is 342 g/mol. The second-order valence-electron chi connectivity index (χ2n) is 5.76. The van der Waals surface area contributed by atoms with Crippen LogP contribution in [0.3, 0.4) is 0 Å². The predicted molar refractivity (Wildman–Crippen MR) is 90.3 cm³/mol. The van der Waals surface area contributed by atoms with Gasteiger partial charge in [0.15, 0.2) is 0 Å². The number of nitrogens with zero attached hydrogens (tertiary/aromatic N) is 2. The maximum absolute atomic E-state index is 12.7. The van der Waals surface area contributed by atoms with E-state index in [0.717, 1.165) is 17.7 Å². The molecule has 1 fully saturated rings. The van der Waals surface area contributed by atoms with E-state index >= 15 is 0 Å². The smallest absolute Gasteiger partial charge is 0.243 e. The number of methoxy groups -OCH3 is 1. The summed E-state index contributed by atoms with van der Waals surface area (Å²) in [5.41, 5.74) is 1.57. The topological polar surface area (TPSA) is 70.4 Å². The first-order valence-electron chi connectivity index (χ1n) is 7.69. The largest absolute Gasteiger partial charge is 0.497 e. The normalized spacial score (nSPS) is 18.2. The van der Waals surface area contributed by atoms with Crippen molar-refractivity contribution < 1.29 is 13.2 Å². The van der Waals surface area contributed by atoms with E-state index in [1.165, 1.54) is 28.6 Å². The lowest BCUT2D eigenvalue weighted by molar-refractivity contribution is 0.414. The molecule has 0 saturated carbocycles. The Hall–Kier alpha value is -2.36. The van der Waals surface area contributed by atoms with Gasteiger partial charge in [0.2, 0.25) is 10.0 Å². The molecule has 24 heavy (non-hydrogen) atoms. The third kappa shape index (κ3) is 3.14. The summed E-state index contributed by atoms with van der Waals surface area (Å²) in [6, 6.07) is 15.8. The second-order valence-corrected chi connectivity index (χ2v) is 7.70. The van der Waals surface area contributed by atoms with Crippen LogP contribution in [0.4, 0.5) is 0 Å². The fraction of sp³-hybridized carbons (Fsp3) is 0.278. The van der Waals surface area contributed by atoms with Gasteiger partial charge in [-0.3, -0.25) is 0 Å². The summed E-state index contributed by atoms with van der Waals surface area (Å²) in [4.78, 5) is 0.233. The van der Waals surface area contributed by atoms with Gasteiger partial charge in [-0.15, -0.1) is 0 Å². The zero-order valence-corrected chi connectivity index (χ0v) is 14.2. The first-order chi connectivity index (χ1) is 11.5. The molecule has 5 nitrogen and oxygen atoms in total. The van der Waals surface area contributed by atoms with Crippen LogP contribution in [0.15, 0.2) is 53.4 Å². The maximum Gasteiger partial charge on any atom is 0.243 e. The van der Waals surface area contributed by atoms with Gasteiger partial charge in [-0.05, 0) is 54.3 Å². The number of hydrogen-bond donors (Lipinski definition) is 0. The van der Waals surface area contributed by atoms with Crippen LogP contribution in [-0.2, 0) is 10.0 Å². The Bertz CT molecular complexity index is 853. The molecule has 0 aromatic heterocycles. The van der Waals surface area contributed by atoms with Gasteiger partial charge in [-0.1, -0.05) is 12.1 Å². The number of sulfonamides is 1. The molecule has 1 saturated heterocycles. The Kier molecular flexibility index (Phi) is 4.56. The molecule has 0 amide bonds. The van der Waals surface area contributed by atoms with E-state index in [1.54, 1.807) is 7.11 Å². The second kappa shape index (κ2) is 6.63. The molecule has 0 N–H and O–H groups in total. The van der Waals surface area contributed by atoms with E-state index in [0.29, 0.717) is 18.7 Å². The molecular weight excluding hydrogens is 324 g/mol. The molecule has 3 rings (SSSR count). The van der Waals surface area contributed by atoms with E-state index in [1.807, 2.05) is 30.3 Å². The minimum Gasteiger partial charge on any atom is -0.497 e. The van der Waals surface area contributed by atoms with E-state index < -0.39 is 10.0 Å².